The molecule has 2 aliphatic heterocycles. The molecule has 1 aromatic rings. The number of aromatic nitrogens is 1. The van der Waals surface area contributed by atoms with E-state index in [9.17, 15) is 4.79 Å². The fourth-order valence-electron chi connectivity index (χ4n) is 3.65. The molecule has 1 fully saturated rings. The molecule has 25 heavy (non-hydrogen) atoms. The van der Waals surface area contributed by atoms with E-state index in [4.69, 9.17) is 4.98 Å². The van der Waals surface area contributed by atoms with Gasteiger partial charge in [0.25, 0.3) is 0 Å². The van der Waals surface area contributed by atoms with Crippen molar-refractivity contribution < 1.29 is 4.79 Å². The maximum atomic E-state index is 12.5. The number of piperazine rings is 1. The molecule has 0 N–H and O–H groups in total. The number of rotatable bonds is 3. The predicted octanol–water partition coefficient (Wildman–Crippen LogP) is 2.54. The second-order valence-electron chi connectivity index (χ2n) is 8.50. The first-order valence-electron chi connectivity index (χ1n) is 9.59. The van der Waals surface area contributed by atoms with Gasteiger partial charge in [0.1, 0.15) is 5.82 Å². The predicted molar refractivity (Wildman–Crippen MR) is 102 cm³/mol. The van der Waals surface area contributed by atoms with Crippen LogP contribution in [0, 0.1) is 5.41 Å². The average molecular weight is 345 g/mol. The number of carbonyl (C=O) groups excluding carboxylic acids is 1. The molecule has 0 saturated carbocycles. The van der Waals surface area contributed by atoms with Crippen molar-refractivity contribution >= 4 is 11.7 Å². The molecule has 0 atom stereocenters. The summed E-state index contributed by atoms with van der Waals surface area (Å²) in [4.78, 5) is 24.3. The Morgan fingerprint density at radius 1 is 1.12 bits per heavy atom. The Morgan fingerprint density at radius 2 is 1.84 bits per heavy atom. The Morgan fingerprint density at radius 3 is 2.48 bits per heavy atom. The summed E-state index contributed by atoms with van der Waals surface area (Å²) in [5, 5.41) is 0. The lowest BCUT2D eigenvalue weighted by molar-refractivity contribution is -0.134. The Bertz CT molecular complexity index is 615. The van der Waals surface area contributed by atoms with Crippen molar-refractivity contribution in [1.29, 1.82) is 0 Å². The number of hydrogen-bond acceptors (Lipinski definition) is 4. The van der Waals surface area contributed by atoms with Gasteiger partial charge in [0.2, 0.25) is 5.91 Å². The monoisotopic (exact) mass is 344 g/mol. The molecular formula is C20H32N4O. The van der Waals surface area contributed by atoms with Crippen LogP contribution < -0.4 is 4.90 Å². The van der Waals surface area contributed by atoms with Crippen LogP contribution in [-0.4, -0.2) is 60.0 Å². The first-order valence-corrected chi connectivity index (χ1v) is 9.59. The second-order valence-corrected chi connectivity index (χ2v) is 8.50. The van der Waals surface area contributed by atoms with Crippen LogP contribution in [0.3, 0.4) is 0 Å². The first kappa shape index (κ1) is 18.2. The molecule has 2 aliphatic rings. The minimum Gasteiger partial charge on any atom is -0.354 e. The number of fused-ring (bicyclic) bond motifs is 1. The van der Waals surface area contributed by atoms with Gasteiger partial charge in [-0.3, -0.25) is 4.79 Å². The smallest absolute Gasteiger partial charge is 0.223 e. The van der Waals surface area contributed by atoms with Crippen LogP contribution in [0.4, 0.5) is 5.82 Å². The highest BCUT2D eigenvalue weighted by atomic mass is 16.2. The van der Waals surface area contributed by atoms with Gasteiger partial charge in [0.15, 0.2) is 0 Å². The van der Waals surface area contributed by atoms with E-state index in [1.165, 1.54) is 11.3 Å². The molecule has 5 heteroatoms. The van der Waals surface area contributed by atoms with Gasteiger partial charge in [0, 0.05) is 57.8 Å². The Balaban J connectivity index is 1.64. The maximum absolute atomic E-state index is 12.5. The van der Waals surface area contributed by atoms with E-state index in [2.05, 4.69) is 49.6 Å². The van der Waals surface area contributed by atoms with Gasteiger partial charge in [-0.1, -0.05) is 33.8 Å². The third-order valence-corrected chi connectivity index (χ3v) is 5.21. The van der Waals surface area contributed by atoms with Gasteiger partial charge >= 0.3 is 0 Å². The maximum Gasteiger partial charge on any atom is 0.223 e. The van der Waals surface area contributed by atoms with Crippen molar-refractivity contribution in [3.05, 3.63) is 23.4 Å². The highest BCUT2D eigenvalue weighted by molar-refractivity contribution is 5.77. The van der Waals surface area contributed by atoms with Crippen LogP contribution in [0.2, 0.25) is 0 Å². The largest absolute Gasteiger partial charge is 0.354 e. The summed E-state index contributed by atoms with van der Waals surface area (Å²) in [6, 6.07) is 4.32. The third-order valence-electron chi connectivity index (χ3n) is 5.21. The van der Waals surface area contributed by atoms with Crippen molar-refractivity contribution in [3.8, 4) is 0 Å². The van der Waals surface area contributed by atoms with Gasteiger partial charge in [0.05, 0.1) is 0 Å². The van der Waals surface area contributed by atoms with Crippen LogP contribution in [-0.2, 0) is 17.8 Å². The van der Waals surface area contributed by atoms with E-state index in [0.29, 0.717) is 13.0 Å². The average Bonchev–Trinajstić information content (AvgIpc) is 2.59. The first-order chi connectivity index (χ1) is 11.9. The molecule has 138 valence electrons. The van der Waals surface area contributed by atoms with Crippen molar-refractivity contribution in [2.75, 3.05) is 44.2 Å². The second kappa shape index (κ2) is 7.32. The molecule has 1 saturated heterocycles. The van der Waals surface area contributed by atoms with Crippen molar-refractivity contribution in [3.63, 3.8) is 0 Å². The van der Waals surface area contributed by atoms with E-state index in [-0.39, 0.29) is 11.3 Å². The normalized spacial score (nSPS) is 19.0. The van der Waals surface area contributed by atoms with Gasteiger partial charge in [-0.25, -0.2) is 4.98 Å². The van der Waals surface area contributed by atoms with Crippen LogP contribution in [0.25, 0.3) is 0 Å². The number of anilines is 1. The summed E-state index contributed by atoms with van der Waals surface area (Å²) in [5.41, 5.74) is 2.43. The number of amides is 1. The summed E-state index contributed by atoms with van der Waals surface area (Å²) >= 11 is 0. The van der Waals surface area contributed by atoms with Gasteiger partial charge in [-0.15, -0.1) is 0 Å². The van der Waals surface area contributed by atoms with Crippen molar-refractivity contribution in [1.82, 2.24) is 14.8 Å². The van der Waals surface area contributed by atoms with Crippen molar-refractivity contribution in [2.45, 2.75) is 47.1 Å². The molecule has 0 aliphatic carbocycles. The molecular weight excluding hydrogens is 312 g/mol. The number of hydrogen-bond donors (Lipinski definition) is 0. The zero-order valence-corrected chi connectivity index (χ0v) is 16.2. The quantitative estimate of drug-likeness (QED) is 0.845. The van der Waals surface area contributed by atoms with Crippen LogP contribution >= 0.6 is 0 Å². The standard InChI is InChI=1S/C20H32N4O/c1-5-22-10-12-23(13-11-22)18-7-6-16-15-24(9-8-17(16)21-18)19(25)14-20(2,3)4/h6-7H,5,8-15H2,1-4H3. The number of likely N-dealkylation sites (N-methyl/N-ethyl adjacent to an activating group) is 1. The van der Waals surface area contributed by atoms with Gasteiger partial charge < -0.3 is 14.7 Å². The zero-order chi connectivity index (χ0) is 18.0. The summed E-state index contributed by atoms with van der Waals surface area (Å²) in [6.07, 6.45) is 1.48. The minimum atomic E-state index is 0.0418. The lowest BCUT2D eigenvalue weighted by atomic mass is 9.91. The van der Waals surface area contributed by atoms with Crippen molar-refractivity contribution in [2.24, 2.45) is 5.41 Å². The highest BCUT2D eigenvalue weighted by Gasteiger charge is 2.26. The van der Waals surface area contributed by atoms with E-state index in [1.54, 1.807) is 0 Å². The fourth-order valence-corrected chi connectivity index (χ4v) is 3.65. The Hall–Kier alpha value is -1.62. The Kier molecular flexibility index (Phi) is 5.32. The van der Waals surface area contributed by atoms with Crippen LogP contribution in [0.5, 0.6) is 0 Å². The lowest BCUT2D eigenvalue weighted by Crippen LogP contribution is -2.46. The van der Waals surface area contributed by atoms with E-state index >= 15 is 0 Å². The lowest BCUT2D eigenvalue weighted by Gasteiger charge is -2.36. The molecule has 5 nitrogen and oxygen atoms in total. The molecule has 0 radical (unpaired) electrons. The summed E-state index contributed by atoms with van der Waals surface area (Å²) < 4.78 is 0. The van der Waals surface area contributed by atoms with E-state index in [0.717, 1.165) is 51.5 Å². The molecule has 1 aromatic heterocycles. The van der Waals surface area contributed by atoms with Crippen LogP contribution in [0.15, 0.2) is 12.1 Å². The summed E-state index contributed by atoms with van der Waals surface area (Å²) in [5.74, 6) is 1.36. The summed E-state index contributed by atoms with van der Waals surface area (Å²) in [7, 11) is 0. The number of nitrogens with zero attached hydrogens (tertiary/aromatic N) is 4. The fraction of sp³-hybridized carbons (Fsp3) is 0.700. The number of carbonyl (C=O) groups is 1. The topological polar surface area (TPSA) is 39.7 Å². The molecule has 1 amide bonds. The van der Waals surface area contributed by atoms with E-state index in [1.807, 2.05) is 4.90 Å². The van der Waals surface area contributed by atoms with E-state index < -0.39 is 0 Å². The number of pyridine rings is 1. The van der Waals surface area contributed by atoms with Gasteiger partial charge in [-0.05, 0) is 23.6 Å². The molecule has 0 spiro atoms. The highest BCUT2D eigenvalue weighted by Crippen LogP contribution is 2.25. The Labute approximate surface area is 152 Å². The molecule has 3 heterocycles. The summed E-state index contributed by atoms with van der Waals surface area (Å²) in [6.45, 7) is 15.5. The molecule has 0 unspecified atom stereocenters. The SMILES string of the molecule is CCN1CCN(c2ccc3c(n2)CCN(C(=O)CC(C)(C)C)C3)CC1. The molecule has 0 aromatic carbocycles. The van der Waals surface area contributed by atoms with Gasteiger partial charge in [-0.2, -0.15) is 0 Å². The molecule has 0 bridgehead atoms. The zero-order valence-electron chi connectivity index (χ0n) is 16.2. The third kappa shape index (κ3) is 4.51. The molecule has 3 rings (SSSR count). The minimum absolute atomic E-state index is 0.0418. The van der Waals surface area contributed by atoms with Crippen LogP contribution in [0.1, 0.15) is 45.4 Å².